The van der Waals surface area contributed by atoms with E-state index in [4.69, 9.17) is 0 Å². The van der Waals surface area contributed by atoms with E-state index >= 15 is 0 Å². The van der Waals surface area contributed by atoms with Gasteiger partial charge in [0.25, 0.3) is 5.91 Å². The summed E-state index contributed by atoms with van der Waals surface area (Å²) in [5.74, 6) is -3.33. The van der Waals surface area contributed by atoms with Crippen LogP contribution in [0.15, 0.2) is 48.8 Å². The molecular weight excluding hydrogens is 426 g/mol. The summed E-state index contributed by atoms with van der Waals surface area (Å²) in [5.41, 5.74) is 3.30. The second kappa shape index (κ2) is 8.24. The molecule has 3 aromatic rings. The molecule has 0 atom stereocenters. The minimum atomic E-state index is -2.68. The fourth-order valence-corrected chi connectivity index (χ4v) is 5.02. The second-order valence-corrected chi connectivity index (χ2v) is 9.16. The van der Waals surface area contributed by atoms with Gasteiger partial charge in [-0.05, 0) is 54.7 Å². The van der Waals surface area contributed by atoms with Gasteiger partial charge >= 0.3 is 0 Å². The van der Waals surface area contributed by atoms with Crippen molar-refractivity contribution >= 4 is 28.4 Å². The van der Waals surface area contributed by atoms with Gasteiger partial charge in [0.05, 0.1) is 0 Å². The van der Waals surface area contributed by atoms with Crippen molar-refractivity contribution in [2.45, 2.75) is 37.5 Å². The molecule has 33 heavy (non-hydrogen) atoms. The molecule has 3 heterocycles. The van der Waals surface area contributed by atoms with E-state index in [0.717, 1.165) is 23.7 Å². The topological polar surface area (TPSA) is 67.2 Å². The number of anilines is 1. The van der Waals surface area contributed by atoms with Gasteiger partial charge in [-0.2, -0.15) is 0 Å². The molecule has 6 nitrogen and oxygen atoms in total. The third-order valence-electron chi connectivity index (χ3n) is 6.86. The number of aryl methyl sites for hydroxylation is 1. The molecule has 1 aliphatic heterocycles. The highest BCUT2D eigenvalue weighted by Gasteiger charge is 2.50. The van der Waals surface area contributed by atoms with Crippen LogP contribution in [0.1, 0.15) is 47.7 Å². The smallest absolute Gasteiger partial charge is 0.274 e. The number of nitrogens with zero attached hydrogens (tertiary/aromatic N) is 3. The van der Waals surface area contributed by atoms with E-state index in [9.17, 15) is 18.4 Å². The van der Waals surface area contributed by atoms with E-state index in [1.807, 2.05) is 25.2 Å². The number of rotatable bonds is 4. The molecule has 1 N–H and O–H groups in total. The predicted octanol–water partition coefficient (Wildman–Crippen LogP) is 4.58. The molecular formula is C25H26F2N4O2. The number of carbonyl (C=O) groups excluding carboxylic acids is 2. The summed E-state index contributed by atoms with van der Waals surface area (Å²) in [5, 5.41) is 3.99. The van der Waals surface area contributed by atoms with Crippen LogP contribution in [0.2, 0.25) is 0 Å². The maximum atomic E-state index is 13.2. The average molecular weight is 453 g/mol. The molecule has 2 aromatic heterocycles. The van der Waals surface area contributed by atoms with Gasteiger partial charge in [0, 0.05) is 67.9 Å². The first-order chi connectivity index (χ1) is 15.8. The summed E-state index contributed by atoms with van der Waals surface area (Å²) in [4.78, 5) is 30.9. The lowest BCUT2D eigenvalue weighted by Gasteiger charge is -2.39. The maximum Gasteiger partial charge on any atom is 0.274 e. The largest absolute Gasteiger partial charge is 0.350 e. The molecule has 1 aromatic carbocycles. The number of amides is 2. The zero-order valence-electron chi connectivity index (χ0n) is 18.4. The highest BCUT2D eigenvalue weighted by Crippen LogP contribution is 2.44. The van der Waals surface area contributed by atoms with Gasteiger partial charge < -0.3 is 14.8 Å². The maximum absolute atomic E-state index is 13.2. The Morgan fingerprint density at radius 1 is 1.12 bits per heavy atom. The van der Waals surface area contributed by atoms with E-state index in [0.29, 0.717) is 24.5 Å². The van der Waals surface area contributed by atoms with Gasteiger partial charge in [-0.25, -0.2) is 8.78 Å². The van der Waals surface area contributed by atoms with Crippen molar-refractivity contribution < 1.29 is 18.4 Å². The molecule has 1 saturated heterocycles. The number of piperidine rings is 1. The number of halogens is 2. The minimum Gasteiger partial charge on any atom is -0.350 e. The Bertz CT molecular complexity index is 1190. The van der Waals surface area contributed by atoms with Crippen LogP contribution in [0.25, 0.3) is 10.9 Å². The molecule has 2 amide bonds. The second-order valence-electron chi connectivity index (χ2n) is 9.16. The van der Waals surface area contributed by atoms with Crippen molar-refractivity contribution in [2.75, 3.05) is 18.4 Å². The van der Waals surface area contributed by atoms with E-state index in [1.165, 1.54) is 5.56 Å². The number of benzene rings is 1. The molecule has 2 fully saturated rings. The molecule has 1 aliphatic carbocycles. The quantitative estimate of drug-likeness (QED) is 0.630. The molecule has 0 unspecified atom stereocenters. The zero-order chi connectivity index (χ0) is 23.2. The summed E-state index contributed by atoms with van der Waals surface area (Å²) >= 11 is 0. The Labute approximate surface area is 190 Å². The number of likely N-dealkylation sites (tertiary alicyclic amines) is 1. The lowest BCUT2D eigenvalue weighted by molar-refractivity contribution is -0.160. The molecule has 0 spiro atoms. The molecule has 0 radical (unpaired) electrons. The molecule has 1 saturated carbocycles. The van der Waals surface area contributed by atoms with Crippen LogP contribution in [0.4, 0.5) is 14.5 Å². The van der Waals surface area contributed by atoms with Gasteiger partial charge in [-0.15, -0.1) is 0 Å². The monoisotopic (exact) mass is 452 g/mol. The zero-order valence-corrected chi connectivity index (χ0v) is 18.4. The predicted molar refractivity (Wildman–Crippen MR) is 121 cm³/mol. The third-order valence-corrected chi connectivity index (χ3v) is 6.86. The van der Waals surface area contributed by atoms with Gasteiger partial charge in [0.2, 0.25) is 11.8 Å². The summed E-state index contributed by atoms with van der Waals surface area (Å²) in [6, 6.07) is 11.1. The lowest BCUT2D eigenvalue weighted by atomic mass is 9.79. The van der Waals surface area contributed by atoms with Crippen molar-refractivity contribution in [3.05, 3.63) is 60.0 Å². The third kappa shape index (κ3) is 4.21. The van der Waals surface area contributed by atoms with E-state index in [-0.39, 0.29) is 30.6 Å². The Morgan fingerprint density at radius 2 is 1.88 bits per heavy atom. The Kier molecular flexibility index (Phi) is 5.38. The number of nitrogens with one attached hydrogen (secondary N) is 1. The van der Waals surface area contributed by atoms with Crippen molar-refractivity contribution in [2.24, 2.45) is 13.0 Å². The average Bonchev–Trinajstić information content (AvgIpc) is 3.13. The van der Waals surface area contributed by atoms with Crippen LogP contribution in [0.3, 0.4) is 0 Å². The van der Waals surface area contributed by atoms with Crippen LogP contribution in [-0.4, -0.2) is 45.3 Å². The molecule has 2 aliphatic rings. The van der Waals surface area contributed by atoms with Gasteiger partial charge in [0.1, 0.15) is 5.69 Å². The Hall–Kier alpha value is -3.29. The van der Waals surface area contributed by atoms with E-state index in [1.54, 1.807) is 29.3 Å². The molecule has 0 bridgehead atoms. The van der Waals surface area contributed by atoms with Gasteiger partial charge in [0.15, 0.2) is 0 Å². The van der Waals surface area contributed by atoms with Crippen LogP contribution in [0, 0.1) is 5.92 Å². The van der Waals surface area contributed by atoms with Crippen molar-refractivity contribution in [1.29, 1.82) is 0 Å². The minimum absolute atomic E-state index is 0.128. The first-order valence-electron chi connectivity index (χ1n) is 11.3. The number of alkyl halides is 2. The van der Waals surface area contributed by atoms with Crippen molar-refractivity contribution in [3.63, 3.8) is 0 Å². The summed E-state index contributed by atoms with van der Waals surface area (Å²) in [7, 11) is 1.99. The summed E-state index contributed by atoms with van der Waals surface area (Å²) in [6.45, 7) is 1.16. The van der Waals surface area contributed by atoms with Crippen LogP contribution in [-0.2, 0) is 11.8 Å². The first kappa shape index (κ1) is 21.6. The molecule has 8 heteroatoms. The highest BCUT2D eigenvalue weighted by molar-refractivity contribution is 6.04. The fraction of sp³-hybridized carbons (Fsp3) is 0.400. The number of hydrogen-bond donors (Lipinski definition) is 1. The van der Waals surface area contributed by atoms with E-state index < -0.39 is 11.8 Å². The molecule has 5 rings (SSSR count). The van der Waals surface area contributed by atoms with Crippen molar-refractivity contribution in [1.82, 2.24) is 14.5 Å². The Balaban J connectivity index is 1.30. The lowest BCUT2D eigenvalue weighted by Crippen LogP contribution is -2.48. The SMILES string of the molecule is Cn1cc(C2CCN(C(=O)C3CC(F)(F)C3)CC2)c2cc(NC(=O)c3ccccn3)ccc21. The van der Waals surface area contributed by atoms with Crippen LogP contribution in [0.5, 0.6) is 0 Å². The van der Waals surface area contributed by atoms with E-state index in [2.05, 4.69) is 21.1 Å². The summed E-state index contributed by atoms with van der Waals surface area (Å²) in [6.07, 6.45) is 4.64. The number of pyridine rings is 1. The van der Waals surface area contributed by atoms with Gasteiger partial charge in [-0.1, -0.05) is 6.07 Å². The number of fused-ring (bicyclic) bond motifs is 1. The first-order valence-corrected chi connectivity index (χ1v) is 11.3. The summed E-state index contributed by atoms with van der Waals surface area (Å²) < 4.78 is 28.4. The van der Waals surface area contributed by atoms with Crippen molar-refractivity contribution in [3.8, 4) is 0 Å². The van der Waals surface area contributed by atoms with Crippen LogP contribution < -0.4 is 5.32 Å². The molecule has 172 valence electrons. The normalized spacial score (nSPS) is 18.8. The highest BCUT2D eigenvalue weighted by atomic mass is 19.3. The van der Waals surface area contributed by atoms with Gasteiger partial charge in [-0.3, -0.25) is 14.6 Å². The standard InChI is InChI=1S/C25H26F2N4O2/c1-30-15-20(16-7-10-31(11-8-16)24(33)17-13-25(26,27)14-17)19-12-18(5-6-22(19)30)29-23(32)21-4-2-3-9-28-21/h2-6,9,12,15-17H,7-8,10-11,13-14H2,1H3,(H,29,32). The Morgan fingerprint density at radius 3 is 2.55 bits per heavy atom. The van der Waals surface area contributed by atoms with Crippen LogP contribution >= 0.6 is 0 Å². The number of carbonyl (C=O) groups is 2. The number of aromatic nitrogens is 2. The fourth-order valence-electron chi connectivity index (χ4n) is 5.02. The number of hydrogen-bond acceptors (Lipinski definition) is 3.